The molecule has 29 heavy (non-hydrogen) atoms. The molecular weight excluding hydrogens is 394 g/mol. The van der Waals surface area contributed by atoms with Gasteiger partial charge < -0.3 is 19.5 Å². The van der Waals surface area contributed by atoms with Crippen molar-refractivity contribution in [2.75, 3.05) is 26.6 Å². The summed E-state index contributed by atoms with van der Waals surface area (Å²) in [5.41, 5.74) is 2.61. The van der Waals surface area contributed by atoms with Crippen LogP contribution < -0.4 is 19.5 Å². The van der Waals surface area contributed by atoms with Gasteiger partial charge in [0.1, 0.15) is 0 Å². The van der Waals surface area contributed by atoms with Crippen molar-refractivity contribution >= 4 is 23.2 Å². The summed E-state index contributed by atoms with van der Waals surface area (Å²) in [5.74, 6) is 1.08. The van der Waals surface area contributed by atoms with Gasteiger partial charge in [-0.2, -0.15) is 5.10 Å². The van der Waals surface area contributed by atoms with Gasteiger partial charge in [-0.05, 0) is 24.6 Å². The standard InChI is InChI=1S/C21H22ClN3O4/c1-13-17(12-25(24-13)11-14-6-5-7-15(22)8-14)21(26)23-16-9-18(27-2)20(29-4)19(10-16)28-3/h5-10,12H,11H2,1-4H3,(H,23,26). The van der Waals surface area contributed by atoms with Gasteiger partial charge in [-0.15, -0.1) is 0 Å². The molecule has 0 saturated heterocycles. The third-order valence-corrected chi connectivity index (χ3v) is 4.58. The highest BCUT2D eigenvalue weighted by Crippen LogP contribution is 2.40. The lowest BCUT2D eigenvalue weighted by atomic mass is 10.2. The molecule has 152 valence electrons. The van der Waals surface area contributed by atoms with Gasteiger partial charge >= 0.3 is 0 Å². The molecule has 0 saturated carbocycles. The van der Waals surface area contributed by atoms with Gasteiger partial charge in [0, 0.05) is 29.0 Å². The molecule has 7 nitrogen and oxygen atoms in total. The number of amides is 1. The van der Waals surface area contributed by atoms with Crippen molar-refractivity contribution in [2.45, 2.75) is 13.5 Å². The number of methoxy groups -OCH3 is 3. The van der Waals surface area contributed by atoms with E-state index >= 15 is 0 Å². The number of anilines is 1. The molecule has 1 aromatic heterocycles. The summed E-state index contributed by atoms with van der Waals surface area (Å²) >= 11 is 6.04. The zero-order valence-electron chi connectivity index (χ0n) is 16.7. The van der Waals surface area contributed by atoms with Crippen LogP contribution in [0.25, 0.3) is 0 Å². The van der Waals surface area contributed by atoms with E-state index in [4.69, 9.17) is 25.8 Å². The number of aryl methyl sites for hydroxylation is 1. The molecule has 3 aromatic rings. The largest absolute Gasteiger partial charge is 0.493 e. The highest BCUT2D eigenvalue weighted by atomic mass is 35.5. The topological polar surface area (TPSA) is 74.6 Å². The molecule has 0 bridgehead atoms. The molecule has 3 rings (SSSR count). The molecule has 1 amide bonds. The van der Waals surface area contributed by atoms with Crippen molar-refractivity contribution in [3.05, 3.63) is 64.4 Å². The molecule has 8 heteroatoms. The summed E-state index contributed by atoms with van der Waals surface area (Å²) in [5, 5.41) is 7.95. The number of hydrogen-bond acceptors (Lipinski definition) is 5. The number of halogens is 1. The van der Waals surface area contributed by atoms with E-state index in [0.29, 0.717) is 45.8 Å². The minimum absolute atomic E-state index is 0.283. The van der Waals surface area contributed by atoms with Crippen molar-refractivity contribution in [1.82, 2.24) is 9.78 Å². The second-order valence-electron chi connectivity index (χ2n) is 6.32. The van der Waals surface area contributed by atoms with Crippen LogP contribution in [-0.2, 0) is 6.54 Å². The molecule has 0 aliphatic carbocycles. The molecule has 0 fully saturated rings. The van der Waals surface area contributed by atoms with Gasteiger partial charge in [-0.3, -0.25) is 9.48 Å². The molecule has 1 N–H and O–H groups in total. The number of nitrogens with zero attached hydrogens (tertiary/aromatic N) is 2. The van der Waals surface area contributed by atoms with E-state index in [1.54, 1.807) is 29.9 Å². The van der Waals surface area contributed by atoms with Crippen LogP contribution in [0.2, 0.25) is 5.02 Å². The molecular formula is C21H22ClN3O4. The Morgan fingerprint density at radius 2 is 1.79 bits per heavy atom. The van der Waals surface area contributed by atoms with Crippen LogP contribution in [0, 0.1) is 6.92 Å². The Kier molecular flexibility index (Phi) is 6.29. The van der Waals surface area contributed by atoms with Gasteiger partial charge in [0.05, 0.1) is 39.1 Å². The fourth-order valence-corrected chi connectivity index (χ4v) is 3.21. The van der Waals surface area contributed by atoms with E-state index < -0.39 is 0 Å². The van der Waals surface area contributed by atoms with E-state index in [2.05, 4.69) is 10.4 Å². The van der Waals surface area contributed by atoms with Crippen molar-refractivity contribution in [1.29, 1.82) is 0 Å². The van der Waals surface area contributed by atoms with E-state index in [1.807, 2.05) is 24.3 Å². The van der Waals surface area contributed by atoms with Crippen LogP contribution in [0.5, 0.6) is 17.2 Å². The van der Waals surface area contributed by atoms with E-state index in [9.17, 15) is 4.79 Å². The SMILES string of the molecule is COc1cc(NC(=O)c2cn(Cc3cccc(Cl)c3)nc2C)cc(OC)c1OC. The first kappa shape index (κ1) is 20.5. The number of nitrogens with one attached hydrogen (secondary N) is 1. The average Bonchev–Trinajstić information content (AvgIpc) is 3.07. The Morgan fingerprint density at radius 3 is 2.38 bits per heavy atom. The minimum atomic E-state index is -0.283. The lowest BCUT2D eigenvalue weighted by Gasteiger charge is -2.14. The van der Waals surface area contributed by atoms with Gasteiger partial charge in [0.2, 0.25) is 5.75 Å². The highest BCUT2D eigenvalue weighted by Gasteiger charge is 2.18. The smallest absolute Gasteiger partial charge is 0.259 e. The maximum atomic E-state index is 12.8. The molecule has 0 radical (unpaired) electrons. The van der Waals surface area contributed by atoms with Gasteiger partial charge in [0.15, 0.2) is 11.5 Å². The van der Waals surface area contributed by atoms with Crippen molar-refractivity contribution < 1.29 is 19.0 Å². The number of hydrogen-bond donors (Lipinski definition) is 1. The Bertz CT molecular complexity index is 1010. The summed E-state index contributed by atoms with van der Waals surface area (Å²) < 4.78 is 17.7. The van der Waals surface area contributed by atoms with Crippen LogP contribution in [0.15, 0.2) is 42.6 Å². The van der Waals surface area contributed by atoms with E-state index in [-0.39, 0.29) is 5.91 Å². The number of ether oxygens (including phenoxy) is 3. The summed E-state index contributed by atoms with van der Waals surface area (Å²) in [6.45, 7) is 2.30. The third kappa shape index (κ3) is 4.63. The maximum absolute atomic E-state index is 12.8. The summed E-state index contributed by atoms with van der Waals surface area (Å²) in [6.07, 6.45) is 1.71. The number of carbonyl (C=O) groups is 1. The van der Waals surface area contributed by atoms with Crippen molar-refractivity contribution in [3.63, 3.8) is 0 Å². The summed E-state index contributed by atoms with van der Waals surface area (Å²) in [4.78, 5) is 12.8. The third-order valence-electron chi connectivity index (χ3n) is 4.35. The lowest BCUT2D eigenvalue weighted by molar-refractivity contribution is 0.102. The zero-order valence-corrected chi connectivity index (χ0v) is 17.4. The first-order valence-corrected chi connectivity index (χ1v) is 9.22. The summed E-state index contributed by atoms with van der Waals surface area (Å²) in [6, 6.07) is 10.9. The monoisotopic (exact) mass is 415 g/mol. The minimum Gasteiger partial charge on any atom is -0.493 e. The first-order valence-electron chi connectivity index (χ1n) is 8.85. The van der Waals surface area contributed by atoms with Crippen molar-refractivity contribution in [2.24, 2.45) is 0 Å². The summed E-state index contributed by atoms with van der Waals surface area (Å²) in [7, 11) is 4.57. The normalized spacial score (nSPS) is 10.5. The predicted molar refractivity (Wildman–Crippen MR) is 112 cm³/mol. The van der Waals surface area contributed by atoms with Crippen molar-refractivity contribution in [3.8, 4) is 17.2 Å². The van der Waals surface area contributed by atoms with Gasteiger partial charge in [-0.1, -0.05) is 23.7 Å². The van der Waals surface area contributed by atoms with Gasteiger partial charge in [-0.25, -0.2) is 0 Å². The Labute approximate surface area is 174 Å². The van der Waals surface area contributed by atoms with Crippen LogP contribution in [0.1, 0.15) is 21.6 Å². The van der Waals surface area contributed by atoms with Crippen LogP contribution >= 0.6 is 11.6 Å². The Hall–Kier alpha value is -3.19. The second-order valence-corrected chi connectivity index (χ2v) is 6.76. The second kappa shape index (κ2) is 8.87. The molecule has 0 aliphatic rings. The maximum Gasteiger partial charge on any atom is 0.259 e. The number of rotatable bonds is 7. The number of carbonyl (C=O) groups excluding carboxylic acids is 1. The average molecular weight is 416 g/mol. The number of aromatic nitrogens is 2. The number of benzene rings is 2. The van der Waals surface area contributed by atoms with E-state index in [1.165, 1.54) is 21.3 Å². The lowest BCUT2D eigenvalue weighted by Crippen LogP contribution is -2.13. The fourth-order valence-electron chi connectivity index (χ4n) is 3.00. The predicted octanol–water partition coefficient (Wildman–Crippen LogP) is 4.17. The molecule has 0 spiro atoms. The van der Waals surface area contributed by atoms with Gasteiger partial charge in [0.25, 0.3) is 5.91 Å². The Balaban J connectivity index is 1.82. The fraction of sp³-hybridized carbons (Fsp3) is 0.238. The zero-order chi connectivity index (χ0) is 21.0. The first-order chi connectivity index (χ1) is 13.9. The highest BCUT2D eigenvalue weighted by molar-refractivity contribution is 6.30. The Morgan fingerprint density at radius 1 is 1.10 bits per heavy atom. The quantitative estimate of drug-likeness (QED) is 0.626. The molecule has 2 aromatic carbocycles. The molecule has 0 unspecified atom stereocenters. The molecule has 1 heterocycles. The van der Waals surface area contributed by atoms with Crippen LogP contribution in [0.4, 0.5) is 5.69 Å². The van der Waals surface area contributed by atoms with Crippen LogP contribution in [0.3, 0.4) is 0 Å². The molecule has 0 atom stereocenters. The van der Waals surface area contributed by atoms with E-state index in [0.717, 1.165) is 5.56 Å². The molecule has 0 aliphatic heterocycles. The van der Waals surface area contributed by atoms with Crippen LogP contribution in [-0.4, -0.2) is 37.0 Å².